The molecule has 7 nitrogen and oxygen atoms in total. The Hall–Kier alpha value is -2.41. The largest absolute Gasteiger partial charge is 0.384 e. The van der Waals surface area contributed by atoms with Gasteiger partial charge < -0.3 is 20.4 Å². The normalized spacial score (nSPS) is 10.4. The van der Waals surface area contributed by atoms with Crippen molar-refractivity contribution in [3.8, 4) is 0 Å². The van der Waals surface area contributed by atoms with Crippen molar-refractivity contribution >= 4 is 11.7 Å². The van der Waals surface area contributed by atoms with Crippen molar-refractivity contribution in [2.75, 3.05) is 19.5 Å². The van der Waals surface area contributed by atoms with E-state index in [1.807, 2.05) is 4.57 Å². The zero-order valence-electron chi connectivity index (χ0n) is 11.2. The van der Waals surface area contributed by atoms with Crippen LogP contribution in [0, 0.1) is 0 Å². The van der Waals surface area contributed by atoms with Crippen LogP contribution in [0.4, 0.5) is 5.82 Å². The lowest BCUT2D eigenvalue weighted by atomic mass is 10.3. The monoisotopic (exact) mass is 275 g/mol. The maximum absolute atomic E-state index is 11.9. The predicted molar refractivity (Wildman–Crippen MR) is 73.9 cm³/mol. The van der Waals surface area contributed by atoms with Crippen molar-refractivity contribution in [2.24, 2.45) is 0 Å². The molecule has 106 valence electrons. The summed E-state index contributed by atoms with van der Waals surface area (Å²) in [5, 5.41) is 2.79. The number of pyridine rings is 1. The van der Waals surface area contributed by atoms with Crippen molar-refractivity contribution in [2.45, 2.75) is 13.1 Å². The number of nitrogens with one attached hydrogen (secondary N) is 1. The average Bonchev–Trinajstić information content (AvgIpc) is 2.90. The highest BCUT2D eigenvalue weighted by atomic mass is 16.5. The molecule has 0 aliphatic heterocycles. The highest BCUT2D eigenvalue weighted by Gasteiger charge is 2.08. The minimum atomic E-state index is -0.267. The molecule has 0 saturated carbocycles. The number of nitrogens with two attached hydrogens (primary N) is 1. The molecule has 2 aromatic heterocycles. The number of amides is 1. The Morgan fingerprint density at radius 1 is 1.50 bits per heavy atom. The van der Waals surface area contributed by atoms with Crippen molar-refractivity contribution < 1.29 is 9.53 Å². The first kappa shape index (κ1) is 14.0. The van der Waals surface area contributed by atoms with E-state index in [1.54, 1.807) is 37.8 Å². The van der Waals surface area contributed by atoms with Crippen molar-refractivity contribution in [3.63, 3.8) is 0 Å². The van der Waals surface area contributed by atoms with Crippen LogP contribution in [0.5, 0.6) is 0 Å². The number of nitrogens with zero attached hydrogens (tertiary/aromatic N) is 3. The summed E-state index contributed by atoms with van der Waals surface area (Å²) in [7, 11) is 1.64. The van der Waals surface area contributed by atoms with Gasteiger partial charge in [-0.3, -0.25) is 4.79 Å². The molecule has 0 unspecified atom stereocenters. The standard InChI is InChI=1S/C13H17N5O2/c1-20-6-5-18-9-15-7-10(18)8-16-13(19)11-3-2-4-12(14)17-11/h2-4,7,9H,5-6,8H2,1H3,(H2,14,17)(H,16,19). The summed E-state index contributed by atoms with van der Waals surface area (Å²) in [6.07, 6.45) is 3.42. The first-order chi connectivity index (χ1) is 9.70. The zero-order chi connectivity index (χ0) is 14.4. The molecule has 7 heteroatoms. The number of nitrogen functional groups attached to an aromatic ring is 1. The Kier molecular flexibility index (Phi) is 4.67. The smallest absolute Gasteiger partial charge is 0.270 e. The summed E-state index contributed by atoms with van der Waals surface area (Å²) in [6, 6.07) is 4.95. The molecular weight excluding hydrogens is 258 g/mol. The molecule has 0 atom stereocenters. The molecule has 20 heavy (non-hydrogen) atoms. The number of anilines is 1. The van der Waals surface area contributed by atoms with Gasteiger partial charge in [0.1, 0.15) is 11.5 Å². The molecule has 0 radical (unpaired) electrons. The fourth-order valence-electron chi connectivity index (χ4n) is 1.73. The van der Waals surface area contributed by atoms with E-state index < -0.39 is 0 Å². The lowest BCUT2D eigenvalue weighted by Crippen LogP contribution is -2.25. The lowest BCUT2D eigenvalue weighted by Gasteiger charge is -2.08. The van der Waals surface area contributed by atoms with E-state index in [4.69, 9.17) is 10.5 Å². The van der Waals surface area contributed by atoms with Gasteiger partial charge in [0.2, 0.25) is 0 Å². The van der Waals surface area contributed by atoms with Crippen LogP contribution in [0.25, 0.3) is 0 Å². The Labute approximate surface area is 116 Å². The third kappa shape index (κ3) is 3.55. The Morgan fingerprint density at radius 2 is 2.35 bits per heavy atom. The molecule has 2 aromatic rings. The molecule has 2 rings (SSSR count). The number of rotatable bonds is 6. The van der Waals surface area contributed by atoms with Crippen molar-refractivity contribution in [1.82, 2.24) is 19.9 Å². The van der Waals surface area contributed by atoms with Crippen LogP contribution in [0.2, 0.25) is 0 Å². The second-order valence-electron chi connectivity index (χ2n) is 4.20. The number of hydrogen-bond acceptors (Lipinski definition) is 5. The molecule has 0 aliphatic carbocycles. The number of imidazole rings is 1. The van der Waals surface area contributed by atoms with Gasteiger partial charge in [0.15, 0.2) is 0 Å². The summed E-state index contributed by atoms with van der Waals surface area (Å²) < 4.78 is 6.95. The summed E-state index contributed by atoms with van der Waals surface area (Å²) in [5.41, 5.74) is 6.75. The molecule has 0 aromatic carbocycles. The number of hydrogen-bond donors (Lipinski definition) is 2. The molecule has 1 amide bonds. The van der Waals surface area contributed by atoms with Gasteiger partial charge in [0.05, 0.1) is 25.2 Å². The number of carbonyl (C=O) groups is 1. The topological polar surface area (TPSA) is 95.1 Å². The molecule has 0 spiro atoms. The summed E-state index contributed by atoms with van der Waals surface area (Å²) in [5.74, 6) is 0.0552. The predicted octanol–water partition coefficient (Wildman–Crippen LogP) is 0.437. The van der Waals surface area contributed by atoms with E-state index in [0.29, 0.717) is 31.2 Å². The van der Waals surface area contributed by atoms with Crippen LogP contribution in [0.15, 0.2) is 30.7 Å². The van der Waals surface area contributed by atoms with Crippen LogP contribution in [0.1, 0.15) is 16.2 Å². The minimum absolute atomic E-state index is 0.267. The first-order valence-corrected chi connectivity index (χ1v) is 6.19. The molecule has 0 fully saturated rings. The van der Waals surface area contributed by atoms with Crippen LogP contribution in [0.3, 0.4) is 0 Å². The highest BCUT2D eigenvalue weighted by Crippen LogP contribution is 2.02. The maximum atomic E-state index is 11.9. The maximum Gasteiger partial charge on any atom is 0.270 e. The van der Waals surface area contributed by atoms with Crippen molar-refractivity contribution in [3.05, 3.63) is 42.1 Å². The van der Waals surface area contributed by atoms with Crippen LogP contribution < -0.4 is 11.1 Å². The number of aromatic nitrogens is 3. The third-order valence-corrected chi connectivity index (χ3v) is 2.77. The molecule has 2 heterocycles. The Bertz CT molecular complexity index is 582. The molecule has 0 saturated heterocycles. The van der Waals surface area contributed by atoms with Crippen LogP contribution in [-0.4, -0.2) is 34.2 Å². The third-order valence-electron chi connectivity index (χ3n) is 2.77. The summed E-state index contributed by atoms with van der Waals surface area (Å²) in [6.45, 7) is 1.66. The van der Waals surface area contributed by atoms with E-state index in [0.717, 1.165) is 5.69 Å². The lowest BCUT2D eigenvalue weighted by molar-refractivity contribution is 0.0945. The second kappa shape index (κ2) is 6.67. The fourth-order valence-corrected chi connectivity index (χ4v) is 1.73. The summed E-state index contributed by atoms with van der Waals surface area (Å²) in [4.78, 5) is 20.0. The SMILES string of the molecule is COCCn1cncc1CNC(=O)c1cccc(N)n1. The number of methoxy groups -OCH3 is 1. The molecule has 0 bridgehead atoms. The Balaban J connectivity index is 1.95. The Morgan fingerprint density at radius 3 is 3.10 bits per heavy atom. The zero-order valence-corrected chi connectivity index (χ0v) is 11.2. The van der Waals surface area contributed by atoms with Gasteiger partial charge in [-0.25, -0.2) is 9.97 Å². The number of ether oxygens (including phenoxy) is 1. The molecular formula is C13H17N5O2. The highest BCUT2D eigenvalue weighted by molar-refractivity contribution is 5.92. The molecule has 3 N–H and O–H groups in total. The van der Waals surface area contributed by atoms with E-state index in [9.17, 15) is 4.79 Å². The summed E-state index contributed by atoms with van der Waals surface area (Å²) >= 11 is 0. The van der Waals surface area contributed by atoms with Gasteiger partial charge in [-0.1, -0.05) is 6.07 Å². The quantitative estimate of drug-likeness (QED) is 0.797. The van der Waals surface area contributed by atoms with Gasteiger partial charge in [0, 0.05) is 19.9 Å². The van der Waals surface area contributed by atoms with E-state index in [2.05, 4.69) is 15.3 Å². The second-order valence-corrected chi connectivity index (χ2v) is 4.20. The van der Waals surface area contributed by atoms with Crippen molar-refractivity contribution in [1.29, 1.82) is 0 Å². The number of carbonyl (C=O) groups excluding carboxylic acids is 1. The van der Waals surface area contributed by atoms with Gasteiger partial charge in [-0.15, -0.1) is 0 Å². The van der Waals surface area contributed by atoms with Gasteiger partial charge >= 0.3 is 0 Å². The average molecular weight is 275 g/mol. The van der Waals surface area contributed by atoms with Gasteiger partial charge in [-0.2, -0.15) is 0 Å². The minimum Gasteiger partial charge on any atom is -0.384 e. The van der Waals surface area contributed by atoms with E-state index >= 15 is 0 Å². The van der Waals surface area contributed by atoms with Gasteiger partial charge in [0.25, 0.3) is 5.91 Å². The van der Waals surface area contributed by atoms with Gasteiger partial charge in [-0.05, 0) is 12.1 Å². The van der Waals surface area contributed by atoms with Crippen LogP contribution in [-0.2, 0) is 17.8 Å². The molecule has 0 aliphatic rings. The van der Waals surface area contributed by atoms with E-state index in [-0.39, 0.29) is 5.91 Å². The van der Waals surface area contributed by atoms with E-state index in [1.165, 1.54) is 0 Å². The first-order valence-electron chi connectivity index (χ1n) is 6.19. The van der Waals surface area contributed by atoms with Crippen LogP contribution >= 0.6 is 0 Å². The fraction of sp³-hybridized carbons (Fsp3) is 0.308.